The maximum absolute atomic E-state index is 12.1. The highest BCUT2D eigenvalue weighted by Gasteiger charge is 2.24. The number of halogens is 1. The van der Waals surface area contributed by atoms with Gasteiger partial charge in [0.2, 0.25) is 0 Å². The lowest BCUT2D eigenvalue weighted by atomic mass is 10.1. The fourth-order valence-corrected chi connectivity index (χ4v) is 3.19. The zero-order valence-electron chi connectivity index (χ0n) is 14.1. The molecule has 0 bridgehead atoms. The molecule has 1 aromatic heterocycles. The molecule has 134 valence electrons. The third-order valence-corrected chi connectivity index (χ3v) is 4.63. The molecule has 0 saturated carbocycles. The summed E-state index contributed by atoms with van der Waals surface area (Å²) in [5.74, 6) is 1.36. The second kappa shape index (κ2) is 8.92. The number of hydrogen-bond donors (Lipinski definition) is 1. The van der Waals surface area contributed by atoms with Gasteiger partial charge in [-0.05, 0) is 62.3 Å². The van der Waals surface area contributed by atoms with Crippen molar-refractivity contribution in [1.29, 1.82) is 0 Å². The maximum Gasteiger partial charge on any atom is 0.258 e. The molecule has 0 aliphatic carbocycles. The molecule has 1 atom stereocenters. The lowest BCUT2D eigenvalue weighted by Gasteiger charge is -2.33. The molecule has 6 heteroatoms. The average molecular weight is 363 g/mol. The van der Waals surface area contributed by atoms with E-state index in [1.165, 1.54) is 19.3 Å². The summed E-state index contributed by atoms with van der Waals surface area (Å²) in [7, 11) is 0. The second-order valence-corrected chi connectivity index (χ2v) is 6.61. The summed E-state index contributed by atoms with van der Waals surface area (Å²) in [6.07, 6.45) is 5.32. The molecule has 1 aromatic carbocycles. The minimum Gasteiger partial charge on any atom is -0.484 e. The van der Waals surface area contributed by atoms with E-state index in [4.69, 9.17) is 20.8 Å². The normalized spacial score (nSPS) is 16.4. The van der Waals surface area contributed by atoms with E-state index in [0.717, 1.165) is 18.8 Å². The number of benzene rings is 1. The standard InChI is InChI=1S/C19H23ClN2O3/c20-15-6-8-16(9-7-15)25-14-19(23)21-13-17(18-5-4-12-24-18)22-10-2-1-3-11-22/h4-9,12,17H,1-3,10-11,13-14H2,(H,21,23). The van der Waals surface area contributed by atoms with Gasteiger partial charge in [0, 0.05) is 11.6 Å². The largest absolute Gasteiger partial charge is 0.484 e. The van der Waals surface area contributed by atoms with Crippen LogP contribution in [-0.2, 0) is 4.79 Å². The van der Waals surface area contributed by atoms with Crippen LogP contribution in [0.25, 0.3) is 0 Å². The summed E-state index contributed by atoms with van der Waals surface area (Å²) in [6.45, 7) is 2.55. The van der Waals surface area contributed by atoms with E-state index < -0.39 is 0 Å². The summed E-state index contributed by atoms with van der Waals surface area (Å²) in [6, 6.07) is 10.9. The number of ether oxygens (including phenoxy) is 1. The molecule has 1 N–H and O–H groups in total. The van der Waals surface area contributed by atoms with Crippen molar-refractivity contribution < 1.29 is 13.9 Å². The van der Waals surface area contributed by atoms with Crippen molar-refractivity contribution in [3.05, 3.63) is 53.4 Å². The van der Waals surface area contributed by atoms with Crippen LogP contribution in [0.2, 0.25) is 5.02 Å². The molecule has 0 radical (unpaired) electrons. The molecule has 1 aliphatic heterocycles. The summed E-state index contributed by atoms with van der Waals surface area (Å²) in [5, 5.41) is 3.60. The first kappa shape index (κ1) is 17.8. The quantitative estimate of drug-likeness (QED) is 0.816. The van der Waals surface area contributed by atoms with Crippen molar-refractivity contribution in [2.75, 3.05) is 26.2 Å². The third kappa shape index (κ3) is 5.25. The van der Waals surface area contributed by atoms with Crippen LogP contribution in [0.1, 0.15) is 31.1 Å². The summed E-state index contributed by atoms with van der Waals surface area (Å²) >= 11 is 5.83. The van der Waals surface area contributed by atoms with E-state index in [0.29, 0.717) is 17.3 Å². The number of nitrogens with one attached hydrogen (secondary N) is 1. The fraction of sp³-hybridized carbons (Fsp3) is 0.421. The molecule has 2 aromatic rings. The molecule has 5 nitrogen and oxygen atoms in total. The molecule has 1 unspecified atom stereocenters. The van der Waals surface area contributed by atoms with Crippen LogP contribution < -0.4 is 10.1 Å². The number of likely N-dealkylation sites (tertiary alicyclic amines) is 1. The highest BCUT2D eigenvalue weighted by atomic mass is 35.5. The van der Waals surface area contributed by atoms with Gasteiger partial charge in [0.25, 0.3) is 5.91 Å². The van der Waals surface area contributed by atoms with E-state index in [1.54, 1.807) is 30.5 Å². The Hall–Kier alpha value is -1.98. The van der Waals surface area contributed by atoms with E-state index >= 15 is 0 Å². The van der Waals surface area contributed by atoms with Gasteiger partial charge >= 0.3 is 0 Å². The lowest BCUT2D eigenvalue weighted by Crippen LogP contribution is -2.41. The number of piperidine rings is 1. The van der Waals surface area contributed by atoms with Crippen molar-refractivity contribution in [3.8, 4) is 5.75 Å². The van der Waals surface area contributed by atoms with Gasteiger partial charge in [-0.15, -0.1) is 0 Å². The monoisotopic (exact) mass is 362 g/mol. The van der Waals surface area contributed by atoms with Crippen molar-refractivity contribution in [2.24, 2.45) is 0 Å². The number of carbonyl (C=O) groups excluding carboxylic acids is 1. The van der Waals surface area contributed by atoms with Crippen LogP contribution >= 0.6 is 11.6 Å². The number of nitrogens with zero attached hydrogens (tertiary/aromatic N) is 1. The number of furan rings is 1. The minimum absolute atomic E-state index is 0.0213. The average Bonchev–Trinajstić information content (AvgIpc) is 3.17. The Bertz CT molecular complexity index is 652. The highest BCUT2D eigenvalue weighted by Crippen LogP contribution is 2.24. The summed E-state index contributed by atoms with van der Waals surface area (Å²) in [5.41, 5.74) is 0. The molecule has 1 amide bonds. The number of carbonyl (C=O) groups is 1. The second-order valence-electron chi connectivity index (χ2n) is 6.17. The zero-order chi connectivity index (χ0) is 17.5. The van der Waals surface area contributed by atoms with E-state index in [2.05, 4.69) is 10.2 Å². The Morgan fingerprint density at radius 3 is 2.64 bits per heavy atom. The zero-order valence-corrected chi connectivity index (χ0v) is 14.9. The van der Waals surface area contributed by atoms with Crippen molar-refractivity contribution in [1.82, 2.24) is 10.2 Å². The van der Waals surface area contributed by atoms with Gasteiger partial charge in [-0.25, -0.2) is 0 Å². The van der Waals surface area contributed by atoms with E-state index in [9.17, 15) is 4.79 Å². The minimum atomic E-state index is -0.150. The third-order valence-electron chi connectivity index (χ3n) is 4.38. The smallest absolute Gasteiger partial charge is 0.258 e. The first-order valence-electron chi connectivity index (χ1n) is 8.65. The lowest BCUT2D eigenvalue weighted by molar-refractivity contribution is -0.123. The van der Waals surface area contributed by atoms with Gasteiger partial charge in [0.1, 0.15) is 11.5 Å². The molecule has 3 rings (SSSR count). The van der Waals surface area contributed by atoms with Gasteiger partial charge in [-0.3, -0.25) is 9.69 Å². The van der Waals surface area contributed by atoms with Gasteiger partial charge in [0.05, 0.1) is 12.3 Å². The van der Waals surface area contributed by atoms with Crippen molar-refractivity contribution in [3.63, 3.8) is 0 Å². The van der Waals surface area contributed by atoms with Crippen LogP contribution in [0, 0.1) is 0 Å². The Morgan fingerprint density at radius 1 is 1.20 bits per heavy atom. The van der Waals surface area contributed by atoms with Gasteiger partial charge in [-0.1, -0.05) is 18.0 Å². The number of hydrogen-bond acceptors (Lipinski definition) is 4. The Labute approximate surface area is 152 Å². The fourth-order valence-electron chi connectivity index (χ4n) is 3.06. The van der Waals surface area contributed by atoms with Gasteiger partial charge < -0.3 is 14.5 Å². The van der Waals surface area contributed by atoms with Crippen LogP contribution in [0.3, 0.4) is 0 Å². The Kier molecular flexibility index (Phi) is 6.36. The first-order valence-corrected chi connectivity index (χ1v) is 9.03. The van der Waals surface area contributed by atoms with Crippen LogP contribution in [0.4, 0.5) is 0 Å². The van der Waals surface area contributed by atoms with E-state index in [1.807, 2.05) is 12.1 Å². The van der Waals surface area contributed by atoms with E-state index in [-0.39, 0.29) is 18.6 Å². The van der Waals surface area contributed by atoms with Crippen LogP contribution in [0.5, 0.6) is 5.75 Å². The Balaban J connectivity index is 1.51. The predicted octanol–water partition coefficient (Wildman–Crippen LogP) is 3.66. The van der Waals surface area contributed by atoms with Gasteiger partial charge in [-0.2, -0.15) is 0 Å². The number of rotatable bonds is 7. The molecule has 1 fully saturated rings. The van der Waals surface area contributed by atoms with Crippen molar-refractivity contribution >= 4 is 17.5 Å². The SMILES string of the molecule is O=C(COc1ccc(Cl)cc1)NCC(c1ccco1)N1CCCCC1. The predicted molar refractivity (Wildman–Crippen MR) is 96.8 cm³/mol. The molecule has 0 spiro atoms. The molecule has 25 heavy (non-hydrogen) atoms. The van der Waals surface area contributed by atoms with Crippen molar-refractivity contribution in [2.45, 2.75) is 25.3 Å². The molecule has 2 heterocycles. The van der Waals surface area contributed by atoms with Gasteiger partial charge in [0.15, 0.2) is 6.61 Å². The first-order chi connectivity index (χ1) is 12.2. The maximum atomic E-state index is 12.1. The molecular formula is C19H23ClN2O3. The number of amides is 1. The topological polar surface area (TPSA) is 54.7 Å². The Morgan fingerprint density at radius 2 is 1.96 bits per heavy atom. The molecular weight excluding hydrogens is 340 g/mol. The molecule has 1 saturated heterocycles. The molecule has 1 aliphatic rings. The van der Waals surface area contributed by atoms with Crippen LogP contribution in [0.15, 0.2) is 47.1 Å². The van der Waals surface area contributed by atoms with Crippen LogP contribution in [-0.4, -0.2) is 37.0 Å². The highest BCUT2D eigenvalue weighted by molar-refractivity contribution is 6.30. The summed E-state index contributed by atoms with van der Waals surface area (Å²) < 4.78 is 11.1. The summed E-state index contributed by atoms with van der Waals surface area (Å²) in [4.78, 5) is 14.5.